The van der Waals surface area contributed by atoms with Crippen molar-refractivity contribution >= 4 is 40.1 Å². The lowest BCUT2D eigenvalue weighted by atomic mass is 10.1. The fourth-order valence-electron chi connectivity index (χ4n) is 3.89. The van der Waals surface area contributed by atoms with Gasteiger partial charge in [-0.15, -0.1) is 0 Å². The summed E-state index contributed by atoms with van der Waals surface area (Å²) in [7, 11) is 1.91. The van der Waals surface area contributed by atoms with Crippen LogP contribution in [0.4, 0.5) is 16.0 Å². The maximum absolute atomic E-state index is 13.6. The van der Waals surface area contributed by atoms with Crippen molar-refractivity contribution in [3.63, 3.8) is 0 Å². The monoisotopic (exact) mass is 501 g/mol. The summed E-state index contributed by atoms with van der Waals surface area (Å²) in [5.74, 6) is 1.29. The summed E-state index contributed by atoms with van der Waals surface area (Å²) in [6.45, 7) is 1.53. The standard InChI is InChI=1S/C27H21ClFN5O2/c1-16(35)11-19-13-21(8-10-30-19)36-20-4-6-25-24(15-20)33-27(34(25)2)32-18-3-5-23(28)22(14-18)17-7-9-31-26(29)12-17/h3-10,12-15H,11H2,1-2H3,(H,32,33). The van der Waals surface area contributed by atoms with E-state index in [1.54, 1.807) is 30.5 Å². The van der Waals surface area contributed by atoms with Crippen LogP contribution in [0.3, 0.4) is 0 Å². The van der Waals surface area contributed by atoms with E-state index in [0.29, 0.717) is 39.3 Å². The molecule has 7 nitrogen and oxygen atoms in total. The van der Waals surface area contributed by atoms with Crippen molar-refractivity contribution in [3.8, 4) is 22.6 Å². The number of imidazole rings is 1. The Balaban J connectivity index is 1.41. The molecule has 0 amide bonds. The van der Waals surface area contributed by atoms with Gasteiger partial charge in [0.05, 0.1) is 16.7 Å². The molecule has 0 fully saturated rings. The Morgan fingerprint density at radius 2 is 1.83 bits per heavy atom. The first-order chi connectivity index (χ1) is 17.4. The number of hydrogen-bond donors (Lipinski definition) is 1. The molecule has 2 aromatic carbocycles. The summed E-state index contributed by atoms with van der Waals surface area (Å²) in [5.41, 5.74) is 4.35. The van der Waals surface area contributed by atoms with Crippen LogP contribution < -0.4 is 10.1 Å². The van der Waals surface area contributed by atoms with Crippen LogP contribution >= 0.6 is 11.6 Å². The SMILES string of the molecule is CC(=O)Cc1cc(Oc2ccc3c(c2)nc(Nc2ccc(Cl)c(-c4ccnc(F)c4)c2)n3C)ccn1. The molecule has 0 bridgehead atoms. The van der Waals surface area contributed by atoms with Crippen LogP contribution in [-0.2, 0) is 18.3 Å². The minimum atomic E-state index is -0.572. The summed E-state index contributed by atoms with van der Waals surface area (Å²) < 4.78 is 21.6. The van der Waals surface area contributed by atoms with E-state index in [1.165, 1.54) is 19.2 Å². The zero-order valence-electron chi connectivity index (χ0n) is 19.5. The molecule has 0 saturated heterocycles. The van der Waals surface area contributed by atoms with Crippen molar-refractivity contribution in [1.29, 1.82) is 0 Å². The molecule has 5 aromatic rings. The summed E-state index contributed by atoms with van der Waals surface area (Å²) in [6, 6.07) is 17.6. The van der Waals surface area contributed by atoms with E-state index in [9.17, 15) is 9.18 Å². The smallest absolute Gasteiger partial charge is 0.213 e. The molecule has 36 heavy (non-hydrogen) atoms. The molecule has 0 atom stereocenters. The van der Waals surface area contributed by atoms with Gasteiger partial charge in [-0.1, -0.05) is 11.6 Å². The van der Waals surface area contributed by atoms with Gasteiger partial charge in [-0.2, -0.15) is 4.39 Å². The number of ketones is 1. The van der Waals surface area contributed by atoms with Crippen LogP contribution in [0.2, 0.25) is 5.02 Å². The minimum Gasteiger partial charge on any atom is -0.457 e. The van der Waals surface area contributed by atoms with Gasteiger partial charge in [0.2, 0.25) is 11.9 Å². The first kappa shape index (κ1) is 23.4. The molecule has 0 saturated carbocycles. The number of aryl methyl sites for hydroxylation is 1. The Morgan fingerprint density at radius 3 is 2.64 bits per heavy atom. The summed E-state index contributed by atoms with van der Waals surface area (Å²) in [6.07, 6.45) is 3.28. The lowest BCUT2D eigenvalue weighted by Gasteiger charge is -2.10. The number of ether oxygens (including phenoxy) is 1. The Labute approximate surface area is 211 Å². The number of aromatic nitrogens is 4. The topological polar surface area (TPSA) is 81.9 Å². The molecule has 5 rings (SSSR count). The van der Waals surface area contributed by atoms with Crippen LogP contribution in [0.15, 0.2) is 73.1 Å². The number of halogens is 2. The highest BCUT2D eigenvalue weighted by Gasteiger charge is 2.12. The van der Waals surface area contributed by atoms with Gasteiger partial charge in [-0.25, -0.2) is 9.97 Å². The summed E-state index contributed by atoms with van der Waals surface area (Å²) >= 11 is 6.37. The van der Waals surface area contributed by atoms with Gasteiger partial charge in [0, 0.05) is 60.3 Å². The number of carbonyl (C=O) groups excluding carboxylic acids is 1. The number of Topliss-reactive ketones (excluding diaryl/α,β-unsaturated/α-hetero) is 1. The second kappa shape index (κ2) is 9.75. The zero-order chi connectivity index (χ0) is 25.2. The third kappa shape index (κ3) is 5.04. The van der Waals surface area contributed by atoms with E-state index in [1.807, 2.05) is 41.9 Å². The van der Waals surface area contributed by atoms with Gasteiger partial charge in [-0.3, -0.25) is 9.78 Å². The molecule has 0 aliphatic rings. The van der Waals surface area contributed by atoms with Crippen LogP contribution in [0.1, 0.15) is 12.6 Å². The van der Waals surface area contributed by atoms with Crippen LogP contribution in [0.25, 0.3) is 22.2 Å². The molecule has 3 aromatic heterocycles. The van der Waals surface area contributed by atoms with Crippen molar-refractivity contribution in [2.75, 3.05) is 5.32 Å². The fourth-order valence-corrected chi connectivity index (χ4v) is 4.11. The van der Waals surface area contributed by atoms with Crippen LogP contribution in [-0.4, -0.2) is 25.3 Å². The molecular formula is C27H21ClFN5O2. The number of fused-ring (bicyclic) bond motifs is 1. The number of hydrogen-bond acceptors (Lipinski definition) is 6. The zero-order valence-corrected chi connectivity index (χ0v) is 20.3. The molecular weight excluding hydrogens is 481 g/mol. The Bertz CT molecular complexity index is 1600. The van der Waals surface area contributed by atoms with Gasteiger partial charge < -0.3 is 14.6 Å². The predicted octanol–water partition coefficient (Wildman–Crippen LogP) is 6.49. The third-order valence-corrected chi connectivity index (χ3v) is 5.90. The highest BCUT2D eigenvalue weighted by molar-refractivity contribution is 6.33. The number of rotatable bonds is 7. The summed E-state index contributed by atoms with van der Waals surface area (Å²) in [5, 5.41) is 3.81. The number of anilines is 2. The van der Waals surface area contributed by atoms with Crippen molar-refractivity contribution < 1.29 is 13.9 Å². The van der Waals surface area contributed by atoms with Crippen molar-refractivity contribution in [1.82, 2.24) is 19.5 Å². The molecule has 0 radical (unpaired) electrons. The highest BCUT2D eigenvalue weighted by atomic mass is 35.5. The quantitative estimate of drug-likeness (QED) is 0.257. The maximum atomic E-state index is 13.6. The van der Waals surface area contributed by atoms with Gasteiger partial charge in [0.15, 0.2) is 0 Å². The number of pyridine rings is 2. The minimum absolute atomic E-state index is 0.0373. The second-order valence-electron chi connectivity index (χ2n) is 8.30. The maximum Gasteiger partial charge on any atom is 0.213 e. The van der Waals surface area contributed by atoms with E-state index < -0.39 is 5.95 Å². The average Bonchev–Trinajstić information content (AvgIpc) is 3.14. The molecule has 1 N–H and O–H groups in total. The van der Waals surface area contributed by atoms with E-state index in [4.69, 9.17) is 21.3 Å². The molecule has 0 spiro atoms. The number of carbonyl (C=O) groups is 1. The molecule has 3 heterocycles. The molecule has 0 aliphatic heterocycles. The van der Waals surface area contributed by atoms with E-state index in [-0.39, 0.29) is 12.2 Å². The number of nitrogens with one attached hydrogen (secondary N) is 1. The van der Waals surface area contributed by atoms with Crippen molar-refractivity contribution in [3.05, 3.63) is 89.7 Å². The number of nitrogens with zero attached hydrogens (tertiary/aromatic N) is 4. The van der Waals surface area contributed by atoms with Crippen molar-refractivity contribution in [2.24, 2.45) is 7.05 Å². The molecule has 0 unspecified atom stereocenters. The Kier molecular flexibility index (Phi) is 6.35. The highest BCUT2D eigenvalue weighted by Crippen LogP contribution is 2.33. The normalized spacial score (nSPS) is 11.0. The molecule has 0 aliphatic carbocycles. The van der Waals surface area contributed by atoms with E-state index in [0.717, 1.165) is 16.7 Å². The Morgan fingerprint density at radius 1 is 1.03 bits per heavy atom. The van der Waals surface area contributed by atoms with Gasteiger partial charge >= 0.3 is 0 Å². The van der Waals surface area contributed by atoms with Crippen molar-refractivity contribution in [2.45, 2.75) is 13.3 Å². The fraction of sp³-hybridized carbons (Fsp3) is 0.111. The van der Waals surface area contributed by atoms with Crippen LogP contribution in [0.5, 0.6) is 11.5 Å². The van der Waals surface area contributed by atoms with E-state index >= 15 is 0 Å². The first-order valence-corrected chi connectivity index (χ1v) is 11.5. The lowest BCUT2D eigenvalue weighted by molar-refractivity contribution is -0.116. The second-order valence-corrected chi connectivity index (χ2v) is 8.70. The third-order valence-electron chi connectivity index (χ3n) is 5.57. The average molecular weight is 502 g/mol. The van der Waals surface area contributed by atoms with Crippen LogP contribution in [0, 0.1) is 5.95 Å². The van der Waals surface area contributed by atoms with Gasteiger partial charge in [-0.05, 0) is 55.0 Å². The number of benzene rings is 2. The molecule has 180 valence electrons. The van der Waals surface area contributed by atoms with Gasteiger partial charge in [0.25, 0.3) is 0 Å². The lowest BCUT2D eigenvalue weighted by Crippen LogP contribution is -1.99. The molecule has 9 heteroatoms. The largest absolute Gasteiger partial charge is 0.457 e. The summed E-state index contributed by atoms with van der Waals surface area (Å²) in [4.78, 5) is 23.9. The Hall–Kier alpha value is -4.30. The first-order valence-electron chi connectivity index (χ1n) is 11.1. The van der Waals surface area contributed by atoms with E-state index in [2.05, 4.69) is 15.3 Å². The predicted molar refractivity (Wildman–Crippen MR) is 137 cm³/mol. The van der Waals surface area contributed by atoms with Gasteiger partial charge in [0.1, 0.15) is 17.3 Å².